The van der Waals surface area contributed by atoms with Crippen LogP contribution in [-0.4, -0.2) is 30.7 Å². The summed E-state index contributed by atoms with van der Waals surface area (Å²) in [6.45, 7) is 8.81. The highest BCUT2D eigenvalue weighted by Gasteiger charge is 2.22. The van der Waals surface area contributed by atoms with Crippen molar-refractivity contribution in [2.45, 2.75) is 40.2 Å². The van der Waals surface area contributed by atoms with Gasteiger partial charge in [0, 0.05) is 10.6 Å². The molecule has 31 heavy (non-hydrogen) atoms. The lowest BCUT2D eigenvalue weighted by molar-refractivity contribution is -0.123. The van der Waals surface area contributed by atoms with E-state index in [0.29, 0.717) is 29.5 Å². The SMILES string of the molecule is CC(C)COc1ccc(/C=N/NC(=O)C(CC(C)C)NC(=O)c2ccc(Cl)cc2)cc1. The summed E-state index contributed by atoms with van der Waals surface area (Å²) in [5, 5.41) is 7.35. The molecular weight excluding hydrogens is 414 g/mol. The van der Waals surface area contributed by atoms with Gasteiger partial charge in [0.1, 0.15) is 11.8 Å². The molecule has 0 heterocycles. The van der Waals surface area contributed by atoms with Crippen LogP contribution in [0.4, 0.5) is 0 Å². The zero-order valence-corrected chi connectivity index (χ0v) is 19.1. The average Bonchev–Trinajstić information content (AvgIpc) is 2.72. The summed E-state index contributed by atoms with van der Waals surface area (Å²) in [7, 11) is 0. The van der Waals surface area contributed by atoms with E-state index >= 15 is 0 Å². The molecule has 0 aliphatic carbocycles. The summed E-state index contributed by atoms with van der Waals surface area (Å²) in [4.78, 5) is 25.1. The molecule has 0 aromatic heterocycles. The number of hydrogen-bond acceptors (Lipinski definition) is 4. The third kappa shape index (κ3) is 8.80. The number of benzene rings is 2. The fourth-order valence-electron chi connectivity index (χ4n) is 2.71. The van der Waals surface area contributed by atoms with E-state index in [0.717, 1.165) is 11.3 Å². The van der Waals surface area contributed by atoms with Gasteiger partial charge in [0.15, 0.2) is 0 Å². The van der Waals surface area contributed by atoms with Crippen LogP contribution in [0.1, 0.15) is 50.0 Å². The number of hydrazone groups is 1. The minimum absolute atomic E-state index is 0.212. The number of hydrogen-bond donors (Lipinski definition) is 2. The van der Waals surface area contributed by atoms with Crippen LogP contribution in [0.3, 0.4) is 0 Å². The molecule has 1 unspecified atom stereocenters. The van der Waals surface area contributed by atoms with Gasteiger partial charge in [0.2, 0.25) is 0 Å². The molecule has 0 saturated heterocycles. The molecule has 0 bridgehead atoms. The summed E-state index contributed by atoms with van der Waals surface area (Å²) in [6, 6.07) is 13.3. The Balaban J connectivity index is 1.95. The topological polar surface area (TPSA) is 79.8 Å². The zero-order valence-electron chi connectivity index (χ0n) is 18.4. The van der Waals surface area contributed by atoms with E-state index in [1.165, 1.54) is 0 Å². The third-order valence-corrected chi connectivity index (χ3v) is 4.54. The van der Waals surface area contributed by atoms with Crippen molar-refractivity contribution in [1.29, 1.82) is 0 Å². The maximum absolute atomic E-state index is 12.6. The molecule has 0 spiro atoms. The number of ether oxygens (including phenoxy) is 1. The molecule has 2 amide bonds. The number of carbonyl (C=O) groups excluding carboxylic acids is 2. The Kier molecular flexibility index (Phi) is 9.53. The maximum Gasteiger partial charge on any atom is 0.262 e. The van der Waals surface area contributed by atoms with Crippen molar-refractivity contribution >= 4 is 29.6 Å². The molecule has 2 rings (SSSR count). The fraction of sp³-hybridized carbons (Fsp3) is 0.375. The highest BCUT2D eigenvalue weighted by atomic mass is 35.5. The van der Waals surface area contributed by atoms with E-state index in [2.05, 4.69) is 29.7 Å². The average molecular weight is 444 g/mol. The van der Waals surface area contributed by atoms with Gasteiger partial charge in [-0.05, 0) is 72.4 Å². The number of nitrogens with zero attached hydrogens (tertiary/aromatic N) is 1. The first-order valence-corrected chi connectivity index (χ1v) is 10.7. The van der Waals surface area contributed by atoms with E-state index in [9.17, 15) is 9.59 Å². The second-order valence-corrected chi connectivity index (χ2v) is 8.61. The van der Waals surface area contributed by atoms with Gasteiger partial charge >= 0.3 is 0 Å². The lowest BCUT2D eigenvalue weighted by Crippen LogP contribution is -2.46. The Morgan fingerprint density at radius 2 is 1.65 bits per heavy atom. The summed E-state index contributed by atoms with van der Waals surface area (Å²) in [5.74, 6) is 0.749. The molecule has 166 valence electrons. The van der Waals surface area contributed by atoms with Crippen LogP contribution in [0.15, 0.2) is 53.6 Å². The Morgan fingerprint density at radius 3 is 2.23 bits per heavy atom. The van der Waals surface area contributed by atoms with E-state index in [1.807, 2.05) is 38.1 Å². The van der Waals surface area contributed by atoms with Crippen molar-refractivity contribution in [2.75, 3.05) is 6.61 Å². The van der Waals surface area contributed by atoms with Gasteiger partial charge in [0.25, 0.3) is 11.8 Å². The van der Waals surface area contributed by atoms with Crippen LogP contribution in [0.25, 0.3) is 0 Å². The largest absolute Gasteiger partial charge is 0.493 e. The first-order valence-electron chi connectivity index (χ1n) is 10.4. The van der Waals surface area contributed by atoms with E-state index in [1.54, 1.807) is 30.5 Å². The molecule has 0 radical (unpaired) electrons. The number of carbonyl (C=O) groups is 2. The summed E-state index contributed by atoms with van der Waals surface area (Å²) in [5.41, 5.74) is 3.78. The standard InChI is InChI=1S/C24H30ClN3O3/c1-16(2)13-22(27-23(29)19-7-9-20(25)10-8-19)24(30)28-26-14-18-5-11-21(12-6-18)31-15-17(3)4/h5-12,14,16-17,22H,13,15H2,1-4H3,(H,27,29)(H,28,30)/b26-14+. The summed E-state index contributed by atoms with van der Waals surface area (Å²) >= 11 is 5.87. The Morgan fingerprint density at radius 1 is 1.00 bits per heavy atom. The molecule has 0 aliphatic rings. The number of rotatable bonds is 10. The summed E-state index contributed by atoms with van der Waals surface area (Å²) < 4.78 is 5.65. The van der Waals surface area contributed by atoms with Gasteiger partial charge in [-0.3, -0.25) is 9.59 Å². The van der Waals surface area contributed by atoms with Gasteiger partial charge in [-0.15, -0.1) is 0 Å². The molecule has 0 aliphatic heterocycles. The molecule has 1 atom stereocenters. The molecule has 0 fully saturated rings. The van der Waals surface area contributed by atoms with Crippen molar-refractivity contribution in [3.63, 3.8) is 0 Å². The van der Waals surface area contributed by atoms with Gasteiger partial charge < -0.3 is 10.1 Å². The van der Waals surface area contributed by atoms with Crippen LogP contribution in [-0.2, 0) is 4.79 Å². The minimum atomic E-state index is -0.702. The molecule has 2 aromatic carbocycles. The molecule has 2 aromatic rings. The predicted molar refractivity (Wildman–Crippen MR) is 125 cm³/mol. The van der Waals surface area contributed by atoms with E-state index < -0.39 is 6.04 Å². The molecule has 6 nitrogen and oxygen atoms in total. The van der Waals surface area contributed by atoms with Crippen molar-refractivity contribution in [1.82, 2.24) is 10.7 Å². The smallest absolute Gasteiger partial charge is 0.262 e. The molecule has 2 N–H and O–H groups in total. The fourth-order valence-corrected chi connectivity index (χ4v) is 2.83. The maximum atomic E-state index is 12.6. The van der Waals surface area contributed by atoms with Crippen molar-refractivity contribution in [2.24, 2.45) is 16.9 Å². The zero-order chi connectivity index (χ0) is 22.8. The van der Waals surface area contributed by atoms with Crippen LogP contribution < -0.4 is 15.5 Å². The van der Waals surface area contributed by atoms with Crippen molar-refractivity contribution in [3.8, 4) is 5.75 Å². The van der Waals surface area contributed by atoms with E-state index in [-0.39, 0.29) is 17.7 Å². The number of amides is 2. The molecule has 0 saturated carbocycles. The Hall–Kier alpha value is -2.86. The predicted octanol–water partition coefficient (Wildman–Crippen LogP) is 4.67. The van der Waals surface area contributed by atoms with Crippen LogP contribution in [0.5, 0.6) is 5.75 Å². The first-order chi connectivity index (χ1) is 14.7. The Labute approximate surface area is 189 Å². The Bertz CT molecular complexity index is 878. The minimum Gasteiger partial charge on any atom is -0.493 e. The molecule has 7 heteroatoms. The number of nitrogens with one attached hydrogen (secondary N) is 2. The second kappa shape index (κ2) is 12.1. The van der Waals surface area contributed by atoms with E-state index in [4.69, 9.17) is 16.3 Å². The normalized spacial score (nSPS) is 12.2. The van der Waals surface area contributed by atoms with Crippen LogP contribution >= 0.6 is 11.6 Å². The van der Waals surface area contributed by atoms with Gasteiger partial charge in [-0.1, -0.05) is 39.3 Å². The lowest BCUT2D eigenvalue weighted by atomic mass is 10.0. The van der Waals surface area contributed by atoms with Crippen molar-refractivity contribution < 1.29 is 14.3 Å². The van der Waals surface area contributed by atoms with Crippen molar-refractivity contribution in [3.05, 3.63) is 64.7 Å². The number of halogens is 1. The first kappa shape index (κ1) is 24.4. The van der Waals surface area contributed by atoms with Gasteiger partial charge in [-0.25, -0.2) is 5.43 Å². The highest BCUT2D eigenvalue weighted by molar-refractivity contribution is 6.30. The van der Waals surface area contributed by atoms with Gasteiger partial charge in [-0.2, -0.15) is 5.10 Å². The molecular formula is C24H30ClN3O3. The lowest BCUT2D eigenvalue weighted by Gasteiger charge is -2.19. The van der Waals surface area contributed by atoms with Crippen LogP contribution in [0, 0.1) is 11.8 Å². The second-order valence-electron chi connectivity index (χ2n) is 8.17. The quantitative estimate of drug-likeness (QED) is 0.413. The monoisotopic (exact) mass is 443 g/mol. The van der Waals surface area contributed by atoms with Gasteiger partial charge in [0.05, 0.1) is 12.8 Å². The highest BCUT2D eigenvalue weighted by Crippen LogP contribution is 2.13. The summed E-state index contributed by atoms with van der Waals surface area (Å²) in [6.07, 6.45) is 2.04. The van der Waals surface area contributed by atoms with Crippen LogP contribution in [0.2, 0.25) is 5.02 Å². The third-order valence-electron chi connectivity index (χ3n) is 4.29.